The highest BCUT2D eigenvalue weighted by Crippen LogP contribution is 2.09. The van der Waals surface area contributed by atoms with E-state index in [1.807, 2.05) is 0 Å². The van der Waals surface area contributed by atoms with Crippen molar-refractivity contribution in [2.45, 2.75) is 13.3 Å². The molecule has 0 fully saturated rings. The summed E-state index contributed by atoms with van der Waals surface area (Å²) >= 11 is 5.39. The first-order valence-electron chi connectivity index (χ1n) is 4.03. The number of sulfonamides is 1. The number of hydrogen-bond acceptors (Lipinski definition) is 4. The van der Waals surface area contributed by atoms with Crippen LogP contribution in [0.5, 0.6) is 0 Å². The van der Waals surface area contributed by atoms with Gasteiger partial charge < -0.3 is 4.52 Å². The van der Waals surface area contributed by atoms with Crippen molar-refractivity contribution in [3.8, 4) is 0 Å². The molecule has 7 heteroatoms. The Bertz CT molecular complexity index is 387. The molecule has 0 radical (unpaired) electrons. The maximum absolute atomic E-state index is 11.3. The average Bonchev–Trinajstić information content (AvgIpc) is 2.47. The summed E-state index contributed by atoms with van der Waals surface area (Å²) < 4.78 is 29.6. The molecule has 0 aromatic carbocycles. The molecule has 14 heavy (non-hydrogen) atoms. The third kappa shape index (κ3) is 3.55. The predicted molar refractivity (Wildman–Crippen MR) is 54.0 cm³/mol. The Morgan fingerprint density at radius 1 is 1.64 bits per heavy atom. The summed E-state index contributed by atoms with van der Waals surface area (Å²) in [5, 5.41) is 3.51. The van der Waals surface area contributed by atoms with Gasteiger partial charge in [0.15, 0.2) is 5.82 Å². The van der Waals surface area contributed by atoms with E-state index in [9.17, 15) is 8.42 Å². The smallest absolute Gasteiger partial charge is 0.234 e. The van der Waals surface area contributed by atoms with E-state index in [1.165, 1.54) is 6.07 Å². The van der Waals surface area contributed by atoms with Crippen molar-refractivity contribution in [1.29, 1.82) is 0 Å². The highest BCUT2D eigenvalue weighted by Gasteiger charge is 2.11. The average molecular weight is 239 g/mol. The van der Waals surface area contributed by atoms with Gasteiger partial charge in [-0.3, -0.25) is 4.72 Å². The zero-order valence-corrected chi connectivity index (χ0v) is 9.23. The monoisotopic (exact) mass is 238 g/mol. The molecule has 1 aromatic rings. The lowest BCUT2D eigenvalue weighted by molar-refractivity contribution is 0.400. The molecule has 1 N–H and O–H groups in total. The molecular formula is C7H11ClN2O3S. The zero-order valence-electron chi connectivity index (χ0n) is 7.66. The molecule has 0 bridgehead atoms. The van der Waals surface area contributed by atoms with Crippen LogP contribution in [0.25, 0.3) is 0 Å². The maximum atomic E-state index is 11.3. The summed E-state index contributed by atoms with van der Waals surface area (Å²) in [7, 11) is -3.34. The van der Waals surface area contributed by atoms with E-state index in [0.29, 0.717) is 18.1 Å². The largest absolute Gasteiger partial charge is 0.360 e. The van der Waals surface area contributed by atoms with Crippen molar-refractivity contribution in [3.05, 3.63) is 11.8 Å². The van der Waals surface area contributed by atoms with Crippen molar-refractivity contribution in [2.75, 3.05) is 16.4 Å². The van der Waals surface area contributed by atoms with Crippen molar-refractivity contribution in [3.63, 3.8) is 0 Å². The van der Waals surface area contributed by atoms with Crippen LogP contribution in [0.15, 0.2) is 10.6 Å². The van der Waals surface area contributed by atoms with Gasteiger partial charge in [-0.15, -0.1) is 11.6 Å². The first-order valence-corrected chi connectivity index (χ1v) is 6.22. The van der Waals surface area contributed by atoms with Crippen molar-refractivity contribution in [1.82, 2.24) is 5.16 Å². The quantitative estimate of drug-likeness (QED) is 0.786. The van der Waals surface area contributed by atoms with E-state index in [-0.39, 0.29) is 11.6 Å². The van der Waals surface area contributed by atoms with E-state index < -0.39 is 10.0 Å². The van der Waals surface area contributed by atoms with Gasteiger partial charge in [-0.2, -0.15) is 0 Å². The van der Waals surface area contributed by atoms with Gasteiger partial charge in [-0.05, 0) is 13.3 Å². The van der Waals surface area contributed by atoms with E-state index in [0.717, 1.165) is 0 Å². The van der Waals surface area contributed by atoms with Crippen LogP contribution in [0, 0.1) is 6.92 Å². The molecule has 5 nitrogen and oxygen atoms in total. The molecule has 0 saturated heterocycles. The van der Waals surface area contributed by atoms with E-state index >= 15 is 0 Å². The molecule has 0 saturated carbocycles. The Morgan fingerprint density at radius 3 is 2.86 bits per heavy atom. The Morgan fingerprint density at radius 2 is 2.36 bits per heavy atom. The molecule has 80 valence electrons. The van der Waals surface area contributed by atoms with Crippen LogP contribution in [-0.4, -0.2) is 25.2 Å². The molecular weight excluding hydrogens is 228 g/mol. The second kappa shape index (κ2) is 4.65. The molecule has 1 rings (SSSR count). The second-order valence-electron chi connectivity index (χ2n) is 2.79. The van der Waals surface area contributed by atoms with Crippen LogP contribution >= 0.6 is 11.6 Å². The Hall–Kier alpha value is -0.750. The lowest BCUT2D eigenvalue weighted by atomic mass is 10.5. The standard InChI is InChI=1S/C7H11ClN2O3S/c1-6-5-7(9-13-6)10-14(11,12)4-2-3-8/h5H,2-4H2,1H3,(H,9,10). The topological polar surface area (TPSA) is 72.2 Å². The molecule has 1 heterocycles. The third-order valence-electron chi connectivity index (χ3n) is 1.43. The fraction of sp³-hybridized carbons (Fsp3) is 0.571. The molecule has 0 aliphatic heterocycles. The fourth-order valence-corrected chi connectivity index (χ4v) is 2.20. The molecule has 0 spiro atoms. The number of alkyl halides is 1. The second-order valence-corrected chi connectivity index (χ2v) is 5.01. The number of aryl methyl sites for hydroxylation is 1. The molecule has 0 amide bonds. The van der Waals surface area contributed by atoms with Crippen LogP contribution in [-0.2, 0) is 10.0 Å². The lowest BCUT2D eigenvalue weighted by Gasteiger charge is -2.02. The summed E-state index contributed by atoms with van der Waals surface area (Å²) in [6.45, 7) is 1.68. The Labute approximate surface area is 87.5 Å². The predicted octanol–water partition coefficient (Wildman–Crippen LogP) is 1.35. The van der Waals surface area contributed by atoms with E-state index in [2.05, 4.69) is 9.88 Å². The highest BCUT2D eigenvalue weighted by molar-refractivity contribution is 7.92. The van der Waals surface area contributed by atoms with Gasteiger partial charge in [0.2, 0.25) is 10.0 Å². The first-order chi connectivity index (χ1) is 6.53. The summed E-state index contributed by atoms with van der Waals surface area (Å²) in [5.41, 5.74) is 0. The molecule has 0 atom stereocenters. The summed E-state index contributed by atoms with van der Waals surface area (Å²) in [6.07, 6.45) is 0.410. The number of rotatable bonds is 5. The number of hydrogen-bond donors (Lipinski definition) is 1. The van der Waals surface area contributed by atoms with Gasteiger partial charge >= 0.3 is 0 Å². The number of halogens is 1. The van der Waals surface area contributed by atoms with Crippen LogP contribution in [0.3, 0.4) is 0 Å². The maximum Gasteiger partial charge on any atom is 0.234 e. The Kier molecular flexibility index (Phi) is 3.77. The normalized spacial score (nSPS) is 11.6. The van der Waals surface area contributed by atoms with E-state index in [1.54, 1.807) is 6.92 Å². The third-order valence-corrected chi connectivity index (χ3v) is 3.05. The van der Waals surface area contributed by atoms with Gasteiger partial charge in [-0.25, -0.2) is 8.42 Å². The van der Waals surface area contributed by atoms with Gasteiger partial charge in [0, 0.05) is 11.9 Å². The van der Waals surface area contributed by atoms with Crippen LogP contribution in [0.2, 0.25) is 0 Å². The zero-order chi connectivity index (χ0) is 10.6. The number of nitrogens with zero attached hydrogens (tertiary/aromatic N) is 1. The van der Waals surface area contributed by atoms with Gasteiger partial charge in [0.1, 0.15) is 5.76 Å². The van der Waals surface area contributed by atoms with Crippen LogP contribution in [0.1, 0.15) is 12.2 Å². The molecule has 1 aromatic heterocycles. The van der Waals surface area contributed by atoms with Gasteiger partial charge in [0.25, 0.3) is 0 Å². The summed E-state index contributed by atoms with van der Waals surface area (Å²) in [4.78, 5) is 0. The number of aromatic nitrogens is 1. The summed E-state index contributed by atoms with van der Waals surface area (Å²) in [6, 6.07) is 1.51. The summed E-state index contributed by atoms with van der Waals surface area (Å²) in [5.74, 6) is 1.07. The molecule has 0 aliphatic rings. The minimum absolute atomic E-state index is 0.0115. The SMILES string of the molecule is Cc1cc(NS(=O)(=O)CCCCl)no1. The minimum Gasteiger partial charge on any atom is -0.360 e. The number of nitrogens with one attached hydrogen (secondary N) is 1. The molecule has 0 unspecified atom stereocenters. The van der Waals surface area contributed by atoms with Crippen molar-refractivity contribution < 1.29 is 12.9 Å². The van der Waals surface area contributed by atoms with E-state index in [4.69, 9.17) is 16.1 Å². The number of anilines is 1. The van der Waals surface area contributed by atoms with Gasteiger partial charge in [-0.1, -0.05) is 5.16 Å². The Balaban J connectivity index is 2.59. The minimum atomic E-state index is -3.34. The van der Waals surface area contributed by atoms with Gasteiger partial charge in [0.05, 0.1) is 5.75 Å². The van der Waals surface area contributed by atoms with Crippen molar-refractivity contribution in [2.24, 2.45) is 0 Å². The fourth-order valence-electron chi connectivity index (χ4n) is 0.869. The highest BCUT2D eigenvalue weighted by atomic mass is 35.5. The van der Waals surface area contributed by atoms with Crippen LogP contribution < -0.4 is 4.72 Å². The van der Waals surface area contributed by atoms with Crippen molar-refractivity contribution >= 4 is 27.4 Å². The lowest BCUT2D eigenvalue weighted by Crippen LogP contribution is -2.17. The molecule has 0 aliphatic carbocycles. The first kappa shape index (κ1) is 11.3. The van der Waals surface area contributed by atoms with Crippen LogP contribution in [0.4, 0.5) is 5.82 Å².